The molecule has 2 rings (SSSR count). The summed E-state index contributed by atoms with van der Waals surface area (Å²) < 4.78 is 27.4. The lowest BCUT2D eigenvalue weighted by Gasteiger charge is -1.98. The molecule has 0 radical (unpaired) electrons. The maximum absolute atomic E-state index is 12.0. The first-order chi connectivity index (χ1) is 9.49. The first-order valence-electron chi connectivity index (χ1n) is 5.59. The van der Waals surface area contributed by atoms with Crippen molar-refractivity contribution >= 4 is 21.9 Å². The van der Waals surface area contributed by atoms with E-state index < -0.39 is 14.9 Å². The third kappa shape index (κ3) is 3.27. The molecule has 0 atom stereocenters. The number of benzene rings is 2. The Bertz CT molecular complexity index is 755. The van der Waals surface area contributed by atoms with Crippen LogP contribution in [0, 0.1) is 10.1 Å². The first kappa shape index (κ1) is 13.9. The zero-order valence-electron chi connectivity index (χ0n) is 10.2. The standard InChI is InChI=1S/C13H10N2O4S/c16-15(17)12-7-4-8-13(9-12)20(18,19)14-10-11-5-2-1-3-6-11/h1-10H/b14-10+. The monoisotopic (exact) mass is 290 g/mol. The van der Waals surface area contributed by atoms with Gasteiger partial charge in [-0.3, -0.25) is 10.1 Å². The quantitative estimate of drug-likeness (QED) is 0.491. The number of nitrogens with zero attached hydrogens (tertiary/aromatic N) is 2. The predicted octanol–water partition coefficient (Wildman–Crippen LogP) is 2.40. The van der Waals surface area contributed by atoms with E-state index in [0.717, 1.165) is 6.07 Å². The molecule has 0 saturated heterocycles. The van der Waals surface area contributed by atoms with Gasteiger partial charge in [0, 0.05) is 18.3 Å². The van der Waals surface area contributed by atoms with Crippen LogP contribution >= 0.6 is 0 Å². The highest BCUT2D eigenvalue weighted by Crippen LogP contribution is 2.19. The summed E-state index contributed by atoms with van der Waals surface area (Å²) in [6.45, 7) is 0. The number of hydrogen-bond acceptors (Lipinski definition) is 4. The summed E-state index contributed by atoms with van der Waals surface area (Å²) >= 11 is 0. The molecule has 102 valence electrons. The fourth-order valence-electron chi connectivity index (χ4n) is 1.49. The van der Waals surface area contributed by atoms with Gasteiger partial charge in [-0.25, -0.2) is 0 Å². The molecule has 0 aromatic heterocycles. The maximum atomic E-state index is 12.0. The van der Waals surface area contributed by atoms with Gasteiger partial charge in [-0.1, -0.05) is 36.4 Å². The maximum Gasteiger partial charge on any atom is 0.282 e. The molecular weight excluding hydrogens is 280 g/mol. The van der Waals surface area contributed by atoms with Crippen LogP contribution in [0.1, 0.15) is 5.56 Å². The van der Waals surface area contributed by atoms with Gasteiger partial charge in [-0.05, 0) is 11.6 Å². The zero-order chi connectivity index (χ0) is 14.6. The fraction of sp³-hybridized carbons (Fsp3) is 0. The molecule has 0 unspecified atom stereocenters. The van der Waals surface area contributed by atoms with Crippen molar-refractivity contribution in [3.63, 3.8) is 0 Å². The van der Waals surface area contributed by atoms with Gasteiger partial charge < -0.3 is 0 Å². The second-order valence-electron chi connectivity index (χ2n) is 3.87. The Morgan fingerprint density at radius 3 is 2.40 bits per heavy atom. The van der Waals surface area contributed by atoms with Gasteiger partial charge in [0.1, 0.15) is 0 Å². The summed E-state index contributed by atoms with van der Waals surface area (Å²) in [5.74, 6) is 0. The average molecular weight is 290 g/mol. The normalized spacial score (nSPS) is 11.6. The van der Waals surface area contributed by atoms with Crippen LogP contribution in [0.5, 0.6) is 0 Å². The van der Waals surface area contributed by atoms with Crippen molar-refractivity contribution in [2.45, 2.75) is 4.90 Å². The minimum absolute atomic E-state index is 0.209. The molecule has 0 aliphatic heterocycles. The Kier molecular flexibility index (Phi) is 3.90. The second-order valence-corrected chi connectivity index (χ2v) is 5.51. The number of nitro groups is 1. The molecule has 0 bridgehead atoms. The molecule has 6 nitrogen and oxygen atoms in total. The number of rotatable bonds is 4. The van der Waals surface area contributed by atoms with Crippen LogP contribution in [0.25, 0.3) is 0 Å². The van der Waals surface area contributed by atoms with E-state index in [2.05, 4.69) is 4.40 Å². The third-order valence-corrected chi connectivity index (χ3v) is 3.70. The van der Waals surface area contributed by atoms with E-state index in [1.165, 1.54) is 24.4 Å². The molecular formula is C13H10N2O4S. The second kappa shape index (κ2) is 5.62. The van der Waals surface area contributed by atoms with Crippen LogP contribution in [0.15, 0.2) is 63.9 Å². The molecule has 0 spiro atoms. The number of hydrogen-bond donors (Lipinski definition) is 0. The molecule has 0 amide bonds. The van der Waals surface area contributed by atoms with Crippen LogP contribution in [0.3, 0.4) is 0 Å². The highest BCUT2D eigenvalue weighted by molar-refractivity contribution is 7.90. The van der Waals surface area contributed by atoms with Gasteiger partial charge in [0.25, 0.3) is 15.7 Å². The lowest BCUT2D eigenvalue weighted by Crippen LogP contribution is -1.99. The molecule has 2 aromatic carbocycles. The SMILES string of the molecule is O=[N+]([O-])c1cccc(S(=O)(=O)/N=C/c2ccccc2)c1. The Morgan fingerprint density at radius 2 is 1.75 bits per heavy atom. The minimum atomic E-state index is -3.95. The van der Waals surface area contributed by atoms with Gasteiger partial charge in [-0.15, -0.1) is 0 Å². The van der Waals surface area contributed by atoms with E-state index >= 15 is 0 Å². The van der Waals surface area contributed by atoms with Crippen LogP contribution < -0.4 is 0 Å². The topological polar surface area (TPSA) is 89.6 Å². The van der Waals surface area contributed by atoms with Gasteiger partial charge in [0.05, 0.1) is 9.82 Å². The Morgan fingerprint density at radius 1 is 1.05 bits per heavy atom. The Balaban J connectivity index is 2.34. The van der Waals surface area contributed by atoms with Crippen molar-refractivity contribution in [1.29, 1.82) is 0 Å². The Hall–Kier alpha value is -2.54. The van der Waals surface area contributed by atoms with Gasteiger partial charge in [0.2, 0.25) is 0 Å². The highest BCUT2D eigenvalue weighted by atomic mass is 32.2. The summed E-state index contributed by atoms with van der Waals surface area (Å²) in [7, 11) is -3.95. The molecule has 0 aliphatic carbocycles. The molecule has 2 aromatic rings. The van der Waals surface area contributed by atoms with Crippen LogP contribution in [0.2, 0.25) is 0 Å². The van der Waals surface area contributed by atoms with E-state index in [-0.39, 0.29) is 10.6 Å². The highest BCUT2D eigenvalue weighted by Gasteiger charge is 2.15. The van der Waals surface area contributed by atoms with Crippen molar-refractivity contribution in [3.8, 4) is 0 Å². The van der Waals surface area contributed by atoms with E-state index in [0.29, 0.717) is 5.56 Å². The molecule has 0 fully saturated rings. The van der Waals surface area contributed by atoms with Gasteiger partial charge >= 0.3 is 0 Å². The van der Waals surface area contributed by atoms with Gasteiger partial charge in [0.15, 0.2) is 0 Å². The van der Waals surface area contributed by atoms with Crippen LogP contribution in [0.4, 0.5) is 5.69 Å². The number of sulfonamides is 1. The summed E-state index contributed by atoms with van der Waals surface area (Å²) in [4.78, 5) is 9.77. The Labute approximate surface area is 115 Å². The molecule has 0 N–H and O–H groups in total. The molecule has 0 heterocycles. The van der Waals surface area contributed by atoms with E-state index in [1.54, 1.807) is 30.3 Å². The lowest BCUT2D eigenvalue weighted by atomic mass is 10.2. The average Bonchev–Trinajstić information content (AvgIpc) is 2.46. The van der Waals surface area contributed by atoms with Crippen molar-refractivity contribution in [2.24, 2.45) is 4.40 Å². The number of non-ortho nitro benzene ring substituents is 1. The van der Waals surface area contributed by atoms with E-state index in [1.807, 2.05) is 0 Å². The molecule has 0 saturated carbocycles. The van der Waals surface area contributed by atoms with Crippen LogP contribution in [-0.2, 0) is 10.0 Å². The zero-order valence-corrected chi connectivity index (χ0v) is 11.0. The van der Waals surface area contributed by atoms with E-state index in [4.69, 9.17) is 0 Å². The minimum Gasteiger partial charge on any atom is -0.258 e. The third-order valence-electron chi connectivity index (χ3n) is 2.47. The predicted molar refractivity (Wildman–Crippen MR) is 74.3 cm³/mol. The lowest BCUT2D eigenvalue weighted by molar-refractivity contribution is -0.385. The summed E-state index contributed by atoms with van der Waals surface area (Å²) in [6.07, 6.45) is 1.20. The largest absolute Gasteiger partial charge is 0.282 e. The number of nitro benzene ring substituents is 1. The van der Waals surface area contributed by atoms with Crippen molar-refractivity contribution in [1.82, 2.24) is 0 Å². The molecule has 20 heavy (non-hydrogen) atoms. The van der Waals surface area contributed by atoms with Gasteiger partial charge in [-0.2, -0.15) is 12.8 Å². The van der Waals surface area contributed by atoms with Crippen LogP contribution in [-0.4, -0.2) is 19.6 Å². The van der Waals surface area contributed by atoms with E-state index in [9.17, 15) is 18.5 Å². The van der Waals surface area contributed by atoms with Crippen molar-refractivity contribution in [2.75, 3.05) is 0 Å². The molecule has 7 heteroatoms. The van der Waals surface area contributed by atoms with Crippen molar-refractivity contribution in [3.05, 3.63) is 70.3 Å². The van der Waals surface area contributed by atoms with Crippen molar-refractivity contribution < 1.29 is 13.3 Å². The first-order valence-corrected chi connectivity index (χ1v) is 7.03. The molecule has 0 aliphatic rings. The summed E-state index contributed by atoms with van der Waals surface area (Å²) in [6, 6.07) is 13.5. The fourth-order valence-corrected chi connectivity index (χ4v) is 2.39. The summed E-state index contributed by atoms with van der Waals surface area (Å²) in [5.41, 5.74) is 0.336. The summed E-state index contributed by atoms with van der Waals surface area (Å²) in [5, 5.41) is 10.6. The smallest absolute Gasteiger partial charge is 0.258 e.